The predicted octanol–water partition coefficient (Wildman–Crippen LogP) is 4.29. The van der Waals surface area contributed by atoms with Gasteiger partial charge >= 0.3 is 5.97 Å². The second-order valence-corrected chi connectivity index (χ2v) is 6.34. The first-order valence-electron chi connectivity index (χ1n) is 7.57. The molecule has 0 unspecified atom stereocenters. The van der Waals surface area contributed by atoms with Crippen molar-refractivity contribution < 1.29 is 23.1 Å². The maximum Gasteiger partial charge on any atom is 0.355 e. The van der Waals surface area contributed by atoms with Crippen LogP contribution in [0.3, 0.4) is 0 Å². The van der Waals surface area contributed by atoms with Crippen LogP contribution in [-0.2, 0) is 11.2 Å². The molecular formula is C18H19F2NO3. The second kappa shape index (κ2) is 6.55. The van der Waals surface area contributed by atoms with Crippen LogP contribution in [-0.4, -0.2) is 22.8 Å². The summed E-state index contributed by atoms with van der Waals surface area (Å²) < 4.78 is 33.6. The quantitative estimate of drug-likeness (QED) is 0.670. The van der Waals surface area contributed by atoms with Gasteiger partial charge in [-0.05, 0) is 44.9 Å². The van der Waals surface area contributed by atoms with E-state index in [-0.39, 0.29) is 22.5 Å². The van der Waals surface area contributed by atoms with Gasteiger partial charge in [-0.25, -0.2) is 13.6 Å². The zero-order valence-corrected chi connectivity index (χ0v) is 14.0. The summed E-state index contributed by atoms with van der Waals surface area (Å²) in [4.78, 5) is 26.4. The molecule has 24 heavy (non-hydrogen) atoms. The highest BCUT2D eigenvalue weighted by molar-refractivity contribution is 5.98. The Morgan fingerprint density at radius 1 is 1.21 bits per heavy atom. The molecular weight excluding hydrogens is 316 g/mol. The van der Waals surface area contributed by atoms with Gasteiger partial charge in [0.25, 0.3) is 0 Å². The number of aldehydes is 1. The van der Waals surface area contributed by atoms with Gasteiger partial charge < -0.3 is 9.72 Å². The van der Waals surface area contributed by atoms with Crippen molar-refractivity contribution in [3.05, 3.63) is 46.8 Å². The van der Waals surface area contributed by atoms with E-state index in [1.54, 1.807) is 27.7 Å². The van der Waals surface area contributed by atoms with Crippen molar-refractivity contribution in [2.75, 3.05) is 0 Å². The molecule has 0 atom stereocenters. The lowest BCUT2D eigenvalue weighted by Gasteiger charge is -2.19. The van der Waals surface area contributed by atoms with Crippen molar-refractivity contribution in [3.63, 3.8) is 0 Å². The number of carbonyl (C=O) groups excluding carboxylic acids is 2. The predicted molar refractivity (Wildman–Crippen MR) is 86.1 cm³/mol. The van der Waals surface area contributed by atoms with E-state index >= 15 is 0 Å². The maximum atomic E-state index is 14.2. The number of nitrogens with one attached hydrogen (secondary N) is 1. The van der Waals surface area contributed by atoms with E-state index < -0.39 is 23.2 Å². The Kier molecular flexibility index (Phi) is 4.87. The third kappa shape index (κ3) is 3.37. The highest BCUT2D eigenvalue weighted by Crippen LogP contribution is 2.34. The molecule has 0 amide bonds. The zero-order valence-electron chi connectivity index (χ0n) is 14.0. The number of carbonyl (C=O) groups is 2. The van der Waals surface area contributed by atoms with Crippen LogP contribution in [0.4, 0.5) is 8.78 Å². The van der Waals surface area contributed by atoms with Gasteiger partial charge in [0.15, 0.2) is 6.29 Å². The van der Waals surface area contributed by atoms with Gasteiger partial charge in [-0.2, -0.15) is 0 Å². The number of rotatable bonds is 4. The first-order valence-corrected chi connectivity index (χ1v) is 7.57. The zero-order chi connectivity index (χ0) is 18.1. The smallest absolute Gasteiger partial charge is 0.355 e. The summed E-state index contributed by atoms with van der Waals surface area (Å²) in [5.74, 6) is -2.28. The first-order chi connectivity index (χ1) is 11.2. The topological polar surface area (TPSA) is 59.2 Å². The monoisotopic (exact) mass is 335 g/mol. The van der Waals surface area contributed by atoms with Gasteiger partial charge in [0.05, 0.1) is 11.3 Å². The van der Waals surface area contributed by atoms with Crippen molar-refractivity contribution in [3.8, 4) is 11.1 Å². The fourth-order valence-electron chi connectivity index (χ4n) is 2.53. The molecule has 0 spiro atoms. The lowest BCUT2D eigenvalue weighted by Crippen LogP contribution is -2.24. The van der Waals surface area contributed by atoms with Crippen molar-refractivity contribution in [2.45, 2.75) is 39.7 Å². The van der Waals surface area contributed by atoms with Crippen molar-refractivity contribution >= 4 is 12.3 Å². The Hall–Kier alpha value is -2.50. The third-order valence-corrected chi connectivity index (χ3v) is 3.42. The normalized spacial score (nSPS) is 11.4. The van der Waals surface area contributed by atoms with E-state index in [1.807, 2.05) is 0 Å². The molecule has 6 heteroatoms. The molecule has 128 valence electrons. The Labute approximate surface area is 138 Å². The summed E-state index contributed by atoms with van der Waals surface area (Å²) in [7, 11) is 0. The van der Waals surface area contributed by atoms with Crippen LogP contribution in [0.2, 0.25) is 0 Å². The van der Waals surface area contributed by atoms with Crippen LogP contribution in [0.1, 0.15) is 54.2 Å². The van der Waals surface area contributed by atoms with Crippen LogP contribution in [0.15, 0.2) is 18.2 Å². The molecule has 1 N–H and O–H groups in total. The molecule has 2 aromatic rings. The summed E-state index contributed by atoms with van der Waals surface area (Å²) in [6.07, 6.45) is 0.732. The van der Waals surface area contributed by atoms with Gasteiger partial charge in [-0.1, -0.05) is 13.0 Å². The number of ether oxygens (including phenoxy) is 1. The van der Waals surface area contributed by atoms with Crippen molar-refractivity contribution in [1.82, 2.24) is 4.98 Å². The number of benzene rings is 1. The lowest BCUT2D eigenvalue weighted by atomic mass is 9.97. The SMILES string of the molecule is CCc1c(C(=O)OC(C)(C)C)[nH]c(C=O)c1-c1c(F)cccc1F. The van der Waals surface area contributed by atoms with Gasteiger partial charge in [-0.3, -0.25) is 4.79 Å². The minimum Gasteiger partial charge on any atom is -0.455 e. The molecule has 1 aromatic heterocycles. The van der Waals surface area contributed by atoms with Crippen LogP contribution in [0.25, 0.3) is 11.1 Å². The molecule has 0 aliphatic carbocycles. The molecule has 0 aliphatic rings. The average molecular weight is 335 g/mol. The number of esters is 1. The fourth-order valence-corrected chi connectivity index (χ4v) is 2.53. The highest BCUT2D eigenvalue weighted by atomic mass is 19.1. The third-order valence-electron chi connectivity index (χ3n) is 3.42. The molecule has 2 rings (SSSR count). The summed E-state index contributed by atoms with van der Waals surface area (Å²) in [5.41, 5.74) is -0.691. The number of aromatic nitrogens is 1. The Balaban J connectivity index is 2.70. The van der Waals surface area contributed by atoms with Gasteiger partial charge in [0.2, 0.25) is 0 Å². The van der Waals surface area contributed by atoms with Crippen LogP contribution in [0.5, 0.6) is 0 Å². The molecule has 0 saturated carbocycles. The maximum absolute atomic E-state index is 14.2. The summed E-state index contributed by atoms with van der Waals surface area (Å²) >= 11 is 0. The van der Waals surface area contributed by atoms with Gasteiger partial charge in [0, 0.05) is 5.56 Å². The van der Waals surface area contributed by atoms with Gasteiger partial charge in [-0.15, -0.1) is 0 Å². The van der Waals surface area contributed by atoms with Crippen LogP contribution >= 0.6 is 0 Å². The van der Waals surface area contributed by atoms with E-state index in [4.69, 9.17) is 4.74 Å². The fraction of sp³-hybridized carbons (Fsp3) is 0.333. The van der Waals surface area contributed by atoms with E-state index in [2.05, 4.69) is 4.98 Å². The van der Waals surface area contributed by atoms with Crippen molar-refractivity contribution in [2.24, 2.45) is 0 Å². The molecule has 0 radical (unpaired) electrons. The second-order valence-electron chi connectivity index (χ2n) is 6.34. The standard InChI is InChI=1S/C18H19F2NO3/c1-5-10-14(15-11(19)7-6-8-12(15)20)13(9-22)21-16(10)17(23)24-18(2,3)4/h6-9,21H,5H2,1-4H3. The van der Waals surface area contributed by atoms with Crippen LogP contribution in [0, 0.1) is 11.6 Å². The summed E-state index contributed by atoms with van der Waals surface area (Å²) in [6.45, 7) is 6.85. The number of hydrogen-bond donors (Lipinski definition) is 1. The van der Waals surface area contributed by atoms with E-state index in [1.165, 1.54) is 6.07 Å². The summed E-state index contributed by atoms with van der Waals surface area (Å²) in [5, 5.41) is 0. The largest absolute Gasteiger partial charge is 0.455 e. The minimum absolute atomic E-state index is 0.0344. The Morgan fingerprint density at radius 2 is 1.79 bits per heavy atom. The Morgan fingerprint density at radius 3 is 2.25 bits per heavy atom. The van der Waals surface area contributed by atoms with Crippen LogP contribution < -0.4 is 0 Å². The van der Waals surface area contributed by atoms with E-state index in [0.29, 0.717) is 18.3 Å². The highest BCUT2D eigenvalue weighted by Gasteiger charge is 2.28. The molecule has 4 nitrogen and oxygen atoms in total. The molecule has 1 aromatic carbocycles. The molecule has 0 fully saturated rings. The first kappa shape index (κ1) is 17.8. The lowest BCUT2D eigenvalue weighted by molar-refractivity contribution is 0.00624. The molecule has 1 heterocycles. The summed E-state index contributed by atoms with van der Waals surface area (Å²) in [6, 6.07) is 3.45. The number of hydrogen-bond acceptors (Lipinski definition) is 3. The van der Waals surface area contributed by atoms with E-state index in [0.717, 1.165) is 12.1 Å². The Bertz CT molecular complexity index is 768. The molecule has 0 saturated heterocycles. The van der Waals surface area contributed by atoms with Gasteiger partial charge in [0.1, 0.15) is 22.9 Å². The van der Waals surface area contributed by atoms with E-state index in [9.17, 15) is 18.4 Å². The average Bonchev–Trinajstić information content (AvgIpc) is 2.84. The minimum atomic E-state index is -0.803. The number of H-pyrrole nitrogens is 1. The molecule has 0 aliphatic heterocycles. The number of halogens is 2. The van der Waals surface area contributed by atoms with Crippen molar-refractivity contribution in [1.29, 1.82) is 0 Å². The molecule has 0 bridgehead atoms. The number of aromatic amines is 1.